The van der Waals surface area contributed by atoms with Gasteiger partial charge in [0.2, 0.25) is 0 Å². The summed E-state index contributed by atoms with van der Waals surface area (Å²) in [5, 5.41) is 0. The van der Waals surface area contributed by atoms with Gasteiger partial charge in [-0.15, -0.1) is 0 Å². The van der Waals surface area contributed by atoms with Crippen LogP contribution in [0, 0.1) is 34.8 Å². The first-order valence-corrected chi connectivity index (χ1v) is 4.18. The predicted molar refractivity (Wildman–Crippen MR) is 23.5 cm³/mol. The van der Waals surface area contributed by atoms with E-state index in [0.29, 0.717) is 0 Å². The monoisotopic (exact) mass is 214 g/mol. The summed E-state index contributed by atoms with van der Waals surface area (Å²) in [5.74, 6) is 0. The Labute approximate surface area is 51.6 Å². The van der Waals surface area contributed by atoms with Gasteiger partial charge in [-0.1, -0.05) is 0 Å². The van der Waals surface area contributed by atoms with Crippen LogP contribution in [0.2, 0.25) is 0 Å². The van der Waals surface area contributed by atoms with E-state index in [1.807, 2.05) is 0 Å². The van der Waals surface area contributed by atoms with Crippen molar-refractivity contribution in [2.75, 3.05) is 0 Å². The van der Waals surface area contributed by atoms with Gasteiger partial charge in [-0.3, -0.25) is 0 Å². The molecule has 0 unspecified atom stereocenters. The maximum atomic E-state index is 2.26. The second kappa shape index (κ2) is 5.06. The van der Waals surface area contributed by atoms with Crippen molar-refractivity contribution < 1.29 is 34.8 Å². The van der Waals surface area contributed by atoms with Crippen LogP contribution >= 0.6 is 0 Å². The van der Waals surface area contributed by atoms with Crippen LogP contribution in [0.5, 0.6) is 0 Å². The third-order valence-electron chi connectivity index (χ3n) is 0.236. The average Bonchev–Trinajstić information content (AvgIpc) is 1.41. The molecule has 0 radical (unpaired) electrons. The summed E-state index contributed by atoms with van der Waals surface area (Å²) < 4.78 is 4.53. The topological polar surface area (TPSA) is 0 Å². The molecule has 0 heterocycles. The van der Waals surface area contributed by atoms with E-state index in [2.05, 4.69) is 17.4 Å². The molecule has 0 saturated carbocycles. The van der Waals surface area contributed by atoms with Gasteiger partial charge in [0.15, 0.2) is 0 Å². The van der Waals surface area contributed by atoms with E-state index >= 15 is 0 Å². The molecule has 0 aliphatic carbocycles. The minimum atomic E-state index is 0.182. The number of hydrogen-bond acceptors (Lipinski definition) is 0. The van der Waals surface area contributed by atoms with E-state index in [1.54, 1.807) is 0 Å². The Hall–Kier alpha value is 1.06. The summed E-state index contributed by atoms with van der Waals surface area (Å²) in [5.41, 5.74) is 0. The molecule has 0 saturated heterocycles. The van der Waals surface area contributed by atoms with Gasteiger partial charge in [0.05, 0.1) is 0 Å². The van der Waals surface area contributed by atoms with Crippen molar-refractivity contribution in [3.63, 3.8) is 0 Å². The molecule has 0 N–H and O–H groups in total. The van der Waals surface area contributed by atoms with Crippen molar-refractivity contribution in [2.45, 2.75) is 13.8 Å². The number of rotatable bonds is 0. The quantitative estimate of drug-likeness (QED) is 0.556. The van der Waals surface area contributed by atoms with Crippen LogP contribution in [-0.4, -0.2) is 3.53 Å². The fraction of sp³-hybridized carbons (Fsp3) is 0.500. The van der Waals surface area contributed by atoms with Gasteiger partial charge in [0.1, 0.15) is 0 Å². The van der Waals surface area contributed by atoms with Gasteiger partial charge in [-0.05, 0) is 0 Å². The van der Waals surface area contributed by atoms with Crippen LogP contribution in [-0.2, 0) is 0 Å². The fourth-order valence-electron chi connectivity index (χ4n) is 0.118. The van der Waals surface area contributed by atoms with Crippen LogP contribution in [0.25, 0.3) is 0 Å². The van der Waals surface area contributed by atoms with Crippen LogP contribution in [0.15, 0.2) is 0 Å². The molecular formula is C4H8Gd. The predicted octanol–water partition coefficient (Wildman–Crippen LogP) is 0.716. The van der Waals surface area contributed by atoms with Crippen molar-refractivity contribution in [1.82, 2.24) is 0 Å². The first-order valence-electron chi connectivity index (χ1n) is 1.56. The molecule has 0 aromatic rings. The molecule has 0 aromatic carbocycles. The van der Waals surface area contributed by atoms with Gasteiger partial charge in [0, 0.05) is 0 Å². The Morgan fingerprint density at radius 1 is 1.20 bits per heavy atom. The zero-order valence-corrected chi connectivity index (χ0v) is 5.78. The molecule has 0 nitrogen and oxygen atoms in total. The Bertz CT molecular complexity index is 52.0. The van der Waals surface area contributed by atoms with Crippen molar-refractivity contribution in [1.29, 1.82) is 0 Å². The Balaban J connectivity index is 3.26. The Morgan fingerprint density at radius 2 is 1.60 bits per heavy atom. The molecule has 0 aromatic heterocycles. The van der Waals surface area contributed by atoms with Gasteiger partial charge in [-0.2, -0.15) is 0 Å². The van der Waals surface area contributed by atoms with Gasteiger partial charge in [-0.25, -0.2) is 0 Å². The molecule has 0 rings (SSSR count). The van der Waals surface area contributed by atoms with Crippen molar-refractivity contribution in [3.05, 3.63) is 0 Å². The van der Waals surface area contributed by atoms with Crippen LogP contribution in [0.4, 0.5) is 0 Å². The standard InChI is InChI=1S/2C2H4.Gd/c2*1-2;/h2*1H,2H3;. The minimum absolute atomic E-state index is 0.182. The zero-order chi connectivity index (χ0) is 4.12. The first-order chi connectivity index (χ1) is 2.41. The van der Waals surface area contributed by atoms with E-state index in [9.17, 15) is 0 Å². The van der Waals surface area contributed by atoms with Crippen LogP contribution < -0.4 is 0 Å². The third kappa shape index (κ3) is 5.06. The second-order valence-electron chi connectivity index (χ2n) is 0.526. The molecule has 0 fully saturated rings. The van der Waals surface area contributed by atoms with Gasteiger partial charge >= 0.3 is 52.2 Å². The molecule has 0 spiro atoms. The molecule has 0 aliphatic rings. The van der Waals surface area contributed by atoms with Crippen molar-refractivity contribution >= 4 is 3.53 Å². The zero-order valence-electron chi connectivity index (χ0n) is 3.51. The van der Waals surface area contributed by atoms with E-state index < -0.39 is 0 Å². The molecule has 5 heavy (non-hydrogen) atoms. The summed E-state index contributed by atoms with van der Waals surface area (Å²) in [7, 11) is 0. The summed E-state index contributed by atoms with van der Waals surface area (Å²) in [4.78, 5) is 0. The Kier molecular flexibility index (Phi) is 6.14. The van der Waals surface area contributed by atoms with Gasteiger partial charge < -0.3 is 0 Å². The fourth-order valence-corrected chi connectivity index (χ4v) is 0.874. The SMILES string of the molecule is C[CH]=[Gd]=[CH]C. The summed E-state index contributed by atoms with van der Waals surface area (Å²) in [6, 6.07) is 0. The maximum absolute atomic E-state index is 2.26. The van der Waals surface area contributed by atoms with Crippen molar-refractivity contribution in [3.8, 4) is 0 Å². The number of hydrogen-bond donors (Lipinski definition) is 0. The molecular weight excluding hydrogens is 205 g/mol. The molecule has 32 valence electrons. The van der Waals surface area contributed by atoms with E-state index in [0.717, 1.165) is 0 Å². The van der Waals surface area contributed by atoms with E-state index in [-0.39, 0.29) is 34.8 Å². The Morgan fingerprint density at radius 3 is 1.60 bits per heavy atom. The summed E-state index contributed by atoms with van der Waals surface area (Å²) in [6.07, 6.45) is 0. The van der Waals surface area contributed by atoms with Crippen LogP contribution in [0.1, 0.15) is 13.8 Å². The third-order valence-corrected chi connectivity index (χ3v) is 1.75. The molecule has 0 bridgehead atoms. The average molecular weight is 213 g/mol. The second-order valence-corrected chi connectivity index (χ2v) is 3.90. The van der Waals surface area contributed by atoms with Crippen molar-refractivity contribution in [2.24, 2.45) is 0 Å². The summed E-state index contributed by atoms with van der Waals surface area (Å²) >= 11 is 0.182. The first kappa shape index (κ1) is 6.06. The normalized spacial score (nSPS) is 6.80. The molecule has 0 atom stereocenters. The molecule has 0 amide bonds. The van der Waals surface area contributed by atoms with Gasteiger partial charge in [0.25, 0.3) is 0 Å². The van der Waals surface area contributed by atoms with Crippen LogP contribution in [0.3, 0.4) is 0 Å². The van der Waals surface area contributed by atoms with E-state index in [1.165, 1.54) is 0 Å². The summed E-state index contributed by atoms with van der Waals surface area (Å²) in [6.45, 7) is 4.23. The molecule has 0 aliphatic heterocycles. The molecule has 1 heteroatoms. The van der Waals surface area contributed by atoms with E-state index in [4.69, 9.17) is 0 Å².